The minimum Gasteiger partial charge on any atom is -0.450 e. The van der Waals surface area contributed by atoms with Gasteiger partial charge < -0.3 is 10.1 Å². The first kappa shape index (κ1) is 9.03. The number of alkyl carbamates (subject to hydrolysis) is 1. The van der Waals surface area contributed by atoms with Crippen LogP contribution in [0.5, 0.6) is 0 Å². The summed E-state index contributed by atoms with van der Waals surface area (Å²) in [6, 6.07) is -0.302. The van der Waals surface area contributed by atoms with Crippen molar-refractivity contribution in [1.82, 2.24) is 5.32 Å². The Morgan fingerprint density at radius 2 is 2.50 bits per heavy atom. The van der Waals surface area contributed by atoms with Gasteiger partial charge in [-0.25, -0.2) is 4.79 Å². The van der Waals surface area contributed by atoms with Gasteiger partial charge in [-0.1, -0.05) is 0 Å². The van der Waals surface area contributed by atoms with E-state index in [9.17, 15) is 9.59 Å². The molecule has 1 atom stereocenters. The molecular formula is C8H13NO3. The topological polar surface area (TPSA) is 55.4 Å². The summed E-state index contributed by atoms with van der Waals surface area (Å²) >= 11 is 0. The Balaban J connectivity index is 2.30. The standard InChI is InChI=1S/C8H13NO3/c1-2-12-8(11)9-6-4-3-5-7(6)10/h6H,2-5H2,1H3,(H,9,11). The minimum atomic E-state index is -0.488. The molecule has 0 radical (unpaired) electrons. The zero-order valence-electron chi connectivity index (χ0n) is 7.13. The molecule has 1 aliphatic rings. The molecule has 0 heterocycles. The summed E-state index contributed by atoms with van der Waals surface area (Å²) in [6.07, 6.45) is 1.71. The highest BCUT2D eigenvalue weighted by Crippen LogP contribution is 2.13. The molecule has 4 nitrogen and oxygen atoms in total. The number of ether oxygens (including phenoxy) is 1. The van der Waals surface area contributed by atoms with E-state index in [2.05, 4.69) is 10.1 Å². The monoisotopic (exact) mass is 171 g/mol. The molecule has 0 aromatic carbocycles. The van der Waals surface area contributed by atoms with Crippen LogP contribution in [0.1, 0.15) is 26.2 Å². The van der Waals surface area contributed by atoms with Gasteiger partial charge in [0.25, 0.3) is 0 Å². The maximum absolute atomic E-state index is 11.0. The van der Waals surface area contributed by atoms with Crippen molar-refractivity contribution in [2.75, 3.05) is 6.61 Å². The molecule has 1 N–H and O–H groups in total. The number of ketones is 1. The highest BCUT2D eigenvalue weighted by Gasteiger charge is 2.25. The lowest BCUT2D eigenvalue weighted by molar-refractivity contribution is -0.119. The van der Waals surface area contributed by atoms with Crippen LogP contribution in [0.4, 0.5) is 4.79 Å². The Morgan fingerprint density at radius 1 is 1.75 bits per heavy atom. The van der Waals surface area contributed by atoms with Crippen molar-refractivity contribution in [3.63, 3.8) is 0 Å². The third kappa shape index (κ3) is 2.22. The third-order valence-electron chi connectivity index (χ3n) is 1.87. The number of hydrogen-bond donors (Lipinski definition) is 1. The van der Waals surface area contributed by atoms with Gasteiger partial charge in [0.1, 0.15) is 0 Å². The van der Waals surface area contributed by atoms with Crippen molar-refractivity contribution >= 4 is 11.9 Å². The fraction of sp³-hybridized carbons (Fsp3) is 0.750. The maximum atomic E-state index is 11.0. The second-order valence-corrected chi connectivity index (χ2v) is 2.78. The van der Waals surface area contributed by atoms with Gasteiger partial charge in [-0.05, 0) is 19.8 Å². The quantitative estimate of drug-likeness (QED) is 0.670. The van der Waals surface area contributed by atoms with E-state index in [1.807, 2.05) is 0 Å². The molecule has 0 aromatic heterocycles. The van der Waals surface area contributed by atoms with Crippen LogP contribution in [-0.2, 0) is 9.53 Å². The van der Waals surface area contributed by atoms with E-state index in [1.165, 1.54) is 0 Å². The van der Waals surface area contributed by atoms with Crippen LogP contribution in [0.3, 0.4) is 0 Å². The van der Waals surface area contributed by atoms with E-state index in [0.29, 0.717) is 13.0 Å². The van der Waals surface area contributed by atoms with Crippen LogP contribution in [0, 0.1) is 0 Å². The first-order valence-corrected chi connectivity index (χ1v) is 4.20. The number of Topliss-reactive ketones (excluding diaryl/α,β-unsaturated/α-hetero) is 1. The van der Waals surface area contributed by atoms with E-state index < -0.39 is 6.09 Å². The van der Waals surface area contributed by atoms with Crippen LogP contribution < -0.4 is 5.32 Å². The summed E-state index contributed by atoms with van der Waals surface area (Å²) < 4.78 is 4.65. The Morgan fingerprint density at radius 3 is 3.00 bits per heavy atom. The lowest BCUT2D eigenvalue weighted by Crippen LogP contribution is -2.37. The van der Waals surface area contributed by atoms with Crippen molar-refractivity contribution in [3.8, 4) is 0 Å². The predicted molar refractivity (Wildman–Crippen MR) is 42.8 cm³/mol. The van der Waals surface area contributed by atoms with Crippen molar-refractivity contribution in [2.24, 2.45) is 0 Å². The maximum Gasteiger partial charge on any atom is 0.407 e. The van der Waals surface area contributed by atoms with Crippen LogP contribution in [-0.4, -0.2) is 24.5 Å². The summed E-state index contributed by atoms with van der Waals surface area (Å²) in [5.41, 5.74) is 0. The molecule has 0 bridgehead atoms. The van der Waals surface area contributed by atoms with Crippen molar-refractivity contribution < 1.29 is 14.3 Å². The van der Waals surface area contributed by atoms with Gasteiger partial charge in [-0.3, -0.25) is 4.79 Å². The van der Waals surface area contributed by atoms with Crippen LogP contribution in [0.15, 0.2) is 0 Å². The summed E-state index contributed by atoms with van der Waals surface area (Å²) in [6.45, 7) is 2.07. The van der Waals surface area contributed by atoms with Gasteiger partial charge in [0.15, 0.2) is 5.78 Å². The molecule has 1 aliphatic carbocycles. The fourth-order valence-electron chi connectivity index (χ4n) is 1.28. The number of nitrogens with one attached hydrogen (secondary N) is 1. The van der Waals surface area contributed by atoms with Gasteiger partial charge >= 0.3 is 6.09 Å². The van der Waals surface area contributed by atoms with E-state index >= 15 is 0 Å². The number of rotatable bonds is 2. The molecule has 1 amide bonds. The Labute approximate surface area is 71.3 Å². The average molecular weight is 171 g/mol. The van der Waals surface area contributed by atoms with E-state index in [-0.39, 0.29) is 11.8 Å². The number of carbonyl (C=O) groups excluding carboxylic acids is 2. The number of hydrogen-bond acceptors (Lipinski definition) is 3. The SMILES string of the molecule is CCOC(=O)NC1CCCC1=O. The van der Waals surface area contributed by atoms with Gasteiger partial charge in [0.05, 0.1) is 12.6 Å². The molecule has 4 heteroatoms. The zero-order valence-corrected chi connectivity index (χ0v) is 7.13. The second-order valence-electron chi connectivity index (χ2n) is 2.78. The summed E-state index contributed by atoms with van der Waals surface area (Å²) in [7, 11) is 0. The molecule has 0 aliphatic heterocycles. The summed E-state index contributed by atoms with van der Waals surface area (Å²) in [5.74, 6) is 0.114. The average Bonchev–Trinajstić information content (AvgIpc) is 2.37. The molecule has 68 valence electrons. The highest BCUT2D eigenvalue weighted by molar-refractivity contribution is 5.88. The Bertz CT molecular complexity index is 191. The molecule has 0 aromatic rings. The normalized spacial score (nSPS) is 22.4. The van der Waals surface area contributed by atoms with Crippen LogP contribution >= 0.6 is 0 Å². The fourth-order valence-corrected chi connectivity index (χ4v) is 1.28. The van der Waals surface area contributed by atoms with Gasteiger partial charge in [-0.15, -0.1) is 0 Å². The molecule has 0 spiro atoms. The summed E-state index contributed by atoms with van der Waals surface area (Å²) in [4.78, 5) is 21.9. The summed E-state index contributed by atoms with van der Waals surface area (Å²) in [5, 5.41) is 2.52. The van der Waals surface area contributed by atoms with Gasteiger partial charge in [-0.2, -0.15) is 0 Å². The predicted octanol–water partition coefficient (Wildman–Crippen LogP) is 0.854. The van der Waals surface area contributed by atoms with Crippen molar-refractivity contribution in [1.29, 1.82) is 0 Å². The lowest BCUT2D eigenvalue weighted by Gasteiger charge is -2.09. The molecule has 0 saturated heterocycles. The van der Waals surface area contributed by atoms with Crippen LogP contribution in [0.2, 0.25) is 0 Å². The van der Waals surface area contributed by atoms with Crippen LogP contribution in [0.25, 0.3) is 0 Å². The molecule has 1 unspecified atom stereocenters. The first-order chi connectivity index (χ1) is 5.74. The third-order valence-corrected chi connectivity index (χ3v) is 1.87. The highest BCUT2D eigenvalue weighted by atomic mass is 16.5. The first-order valence-electron chi connectivity index (χ1n) is 4.20. The Hall–Kier alpha value is -1.06. The molecule has 1 rings (SSSR count). The second kappa shape index (κ2) is 4.09. The van der Waals surface area contributed by atoms with Gasteiger partial charge in [0.2, 0.25) is 0 Å². The minimum absolute atomic E-state index is 0.114. The molecule has 12 heavy (non-hydrogen) atoms. The lowest BCUT2D eigenvalue weighted by atomic mass is 10.2. The van der Waals surface area contributed by atoms with E-state index in [0.717, 1.165) is 12.8 Å². The molecule has 1 saturated carbocycles. The smallest absolute Gasteiger partial charge is 0.407 e. The zero-order chi connectivity index (χ0) is 8.97. The van der Waals surface area contributed by atoms with Gasteiger partial charge in [0, 0.05) is 6.42 Å². The van der Waals surface area contributed by atoms with Crippen molar-refractivity contribution in [2.45, 2.75) is 32.2 Å². The molecular weight excluding hydrogens is 158 g/mol. The largest absolute Gasteiger partial charge is 0.450 e. The molecule has 1 fully saturated rings. The number of carbonyl (C=O) groups is 2. The number of amides is 1. The van der Waals surface area contributed by atoms with E-state index in [1.54, 1.807) is 6.92 Å². The van der Waals surface area contributed by atoms with Crippen molar-refractivity contribution in [3.05, 3.63) is 0 Å². The Kier molecular flexibility index (Phi) is 3.08. The van der Waals surface area contributed by atoms with E-state index in [4.69, 9.17) is 0 Å².